The number of piperidine rings is 1. The van der Waals surface area contributed by atoms with Gasteiger partial charge < -0.3 is 4.90 Å². The van der Waals surface area contributed by atoms with Crippen molar-refractivity contribution in [3.05, 3.63) is 47.1 Å². The van der Waals surface area contributed by atoms with E-state index in [1.165, 1.54) is 0 Å². The Morgan fingerprint density at radius 2 is 2.12 bits per heavy atom. The molecule has 1 atom stereocenters. The van der Waals surface area contributed by atoms with Crippen LogP contribution in [0.15, 0.2) is 30.7 Å². The maximum atomic E-state index is 12.9. The van der Waals surface area contributed by atoms with E-state index < -0.39 is 11.9 Å². The molecule has 0 spiro atoms. The average Bonchev–Trinajstić information content (AvgIpc) is 2.63. The summed E-state index contributed by atoms with van der Waals surface area (Å²) in [5.74, 6) is 0.276. The van der Waals surface area contributed by atoms with Crippen LogP contribution in [-0.2, 0) is 12.7 Å². The minimum Gasteiger partial charge on any atom is -0.355 e. The summed E-state index contributed by atoms with van der Waals surface area (Å²) >= 11 is 6.13. The van der Waals surface area contributed by atoms with Crippen LogP contribution < -0.4 is 4.90 Å². The molecular formula is C17H19ClF3N5. The number of anilines is 1. The summed E-state index contributed by atoms with van der Waals surface area (Å²) in [5.41, 5.74) is 0.0167. The van der Waals surface area contributed by atoms with E-state index in [9.17, 15) is 13.2 Å². The van der Waals surface area contributed by atoms with Crippen molar-refractivity contribution in [2.45, 2.75) is 31.6 Å². The zero-order valence-electron chi connectivity index (χ0n) is 14.2. The number of nitrogens with zero attached hydrogens (tertiary/aromatic N) is 5. The van der Waals surface area contributed by atoms with Crippen LogP contribution in [0.25, 0.3) is 0 Å². The van der Waals surface area contributed by atoms with Gasteiger partial charge in [-0.3, -0.25) is 4.90 Å². The van der Waals surface area contributed by atoms with E-state index in [0.717, 1.165) is 37.3 Å². The van der Waals surface area contributed by atoms with Crippen molar-refractivity contribution < 1.29 is 13.2 Å². The van der Waals surface area contributed by atoms with Crippen molar-refractivity contribution in [2.24, 2.45) is 0 Å². The van der Waals surface area contributed by atoms with Gasteiger partial charge in [-0.25, -0.2) is 15.0 Å². The lowest BCUT2D eigenvalue weighted by molar-refractivity contribution is -0.141. The summed E-state index contributed by atoms with van der Waals surface area (Å²) in [7, 11) is 1.77. The molecule has 140 valence electrons. The number of hydrogen-bond donors (Lipinski definition) is 0. The Labute approximate surface area is 154 Å². The number of rotatable bonds is 4. The van der Waals surface area contributed by atoms with Crippen molar-refractivity contribution in [3.63, 3.8) is 0 Å². The van der Waals surface area contributed by atoms with Crippen molar-refractivity contribution in [3.8, 4) is 0 Å². The van der Waals surface area contributed by atoms with Crippen LogP contribution in [0.3, 0.4) is 0 Å². The molecule has 1 unspecified atom stereocenters. The van der Waals surface area contributed by atoms with Gasteiger partial charge in [-0.2, -0.15) is 13.2 Å². The summed E-state index contributed by atoms with van der Waals surface area (Å²) in [4.78, 5) is 15.5. The highest BCUT2D eigenvalue weighted by atomic mass is 35.5. The highest BCUT2D eigenvalue weighted by molar-refractivity contribution is 6.30. The third-order valence-electron chi connectivity index (χ3n) is 4.56. The van der Waals surface area contributed by atoms with Crippen LogP contribution in [-0.4, -0.2) is 46.0 Å². The third-order valence-corrected chi connectivity index (χ3v) is 4.90. The molecule has 0 aromatic carbocycles. The Morgan fingerprint density at radius 1 is 1.31 bits per heavy atom. The van der Waals surface area contributed by atoms with Gasteiger partial charge in [0.2, 0.25) is 0 Å². The normalized spacial score (nSPS) is 18.7. The molecule has 9 heteroatoms. The quantitative estimate of drug-likeness (QED) is 0.752. The Hall–Kier alpha value is -1.93. The van der Waals surface area contributed by atoms with Gasteiger partial charge in [0.25, 0.3) is 0 Å². The fourth-order valence-corrected chi connectivity index (χ4v) is 3.33. The smallest absolute Gasteiger partial charge is 0.355 e. The first kappa shape index (κ1) is 18.8. The summed E-state index contributed by atoms with van der Waals surface area (Å²) in [6, 6.07) is 4.84. The van der Waals surface area contributed by atoms with E-state index in [1.54, 1.807) is 18.1 Å². The van der Waals surface area contributed by atoms with Crippen LogP contribution in [0.5, 0.6) is 0 Å². The first-order valence-electron chi connectivity index (χ1n) is 8.28. The summed E-state index contributed by atoms with van der Waals surface area (Å²) < 4.78 is 38.6. The molecular weight excluding hydrogens is 367 g/mol. The Bertz CT molecular complexity index is 755. The van der Waals surface area contributed by atoms with E-state index in [-0.39, 0.29) is 11.9 Å². The molecule has 0 radical (unpaired) electrons. The molecule has 26 heavy (non-hydrogen) atoms. The lowest BCUT2D eigenvalue weighted by Crippen LogP contribution is -2.46. The van der Waals surface area contributed by atoms with E-state index in [4.69, 9.17) is 11.6 Å². The van der Waals surface area contributed by atoms with Gasteiger partial charge >= 0.3 is 6.18 Å². The summed E-state index contributed by atoms with van der Waals surface area (Å²) in [5, 5.41) is 0.480. The van der Waals surface area contributed by atoms with E-state index >= 15 is 0 Å². The Morgan fingerprint density at radius 3 is 2.85 bits per heavy atom. The zero-order valence-corrected chi connectivity index (χ0v) is 15.0. The van der Waals surface area contributed by atoms with Crippen molar-refractivity contribution in [2.75, 3.05) is 25.0 Å². The molecule has 0 amide bonds. The Kier molecular flexibility index (Phi) is 5.62. The van der Waals surface area contributed by atoms with Crippen LogP contribution in [0, 0.1) is 0 Å². The topological polar surface area (TPSA) is 45.2 Å². The fourth-order valence-electron chi connectivity index (χ4n) is 3.15. The SMILES string of the molecule is CN(c1cc(C(F)(F)F)ncn1)C1CCCN(Cc2cccnc2Cl)C1. The van der Waals surface area contributed by atoms with Gasteiger partial charge in [-0.1, -0.05) is 17.7 Å². The molecule has 2 aromatic heterocycles. The van der Waals surface area contributed by atoms with Crippen molar-refractivity contribution in [1.29, 1.82) is 0 Å². The molecule has 0 bridgehead atoms. The monoisotopic (exact) mass is 385 g/mol. The number of hydrogen-bond acceptors (Lipinski definition) is 5. The highest BCUT2D eigenvalue weighted by Gasteiger charge is 2.34. The summed E-state index contributed by atoms with van der Waals surface area (Å²) in [6.07, 6.45) is -0.0337. The zero-order chi connectivity index (χ0) is 18.7. The highest BCUT2D eigenvalue weighted by Crippen LogP contribution is 2.30. The van der Waals surface area contributed by atoms with Crippen LogP contribution in [0.2, 0.25) is 5.15 Å². The average molecular weight is 386 g/mol. The lowest BCUT2D eigenvalue weighted by Gasteiger charge is -2.38. The first-order chi connectivity index (χ1) is 12.3. The number of likely N-dealkylation sites (N-methyl/N-ethyl adjacent to an activating group) is 1. The minimum atomic E-state index is -4.48. The second-order valence-corrected chi connectivity index (χ2v) is 6.71. The standard InChI is InChI=1S/C17H19ClF3N5/c1-25(15-8-14(17(19,20)21)23-11-24-15)13-5-3-7-26(10-13)9-12-4-2-6-22-16(12)18/h2,4,6,8,11,13H,3,5,7,9-10H2,1H3. The molecule has 1 aliphatic heterocycles. The van der Waals surface area contributed by atoms with Crippen LogP contribution in [0.4, 0.5) is 19.0 Å². The van der Waals surface area contributed by atoms with E-state index in [2.05, 4.69) is 19.9 Å². The van der Waals surface area contributed by atoms with Gasteiger partial charge in [-0.15, -0.1) is 0 Å². The Balaban J connectivity index is 1.70. The number of pyridine rings is 1. The van der Waals surface area contributed by atoms with Crippen molar-refractivity contribution in [1.82, 2.24) is 19.9 Å². The first-order valence-corrected chi connectivity index (χ1v) is 8.66. The van der Waals surface area contributed by atoms with E-state index in [0.29, 0.717) is 18.2 Å². The number of halogens is 4. The molecule has 3 rings (SSSR count). The number of likely N-dealkylation sites (tertiary alicyclic amines) is 1. The van der Waals surface area contributed by atoms with Gasteiger partial charge in [0.15, 0.2) is 0 Å². The predicted molar refractivity (Wildman–Crippen MR) is 93.0 cm³/mol. The van der Waals surface area contributed by atoms with Gasteiger partial charge in [-0.05, 0) is 25.5 Å². The molecule has 1 fully saturated rings. The molecule has 1 saturated heterocycles. The van der Waals surface area contributed by atoms with E-state index in [1.807, 2.05) is 12.1 Å². The number of aromatic nitrogens is 3. The number of alkyl halides is 3. The molecule has 0 saturated carbocycles. The van der Waals surface area contributed by atoms with Gasteiger partial charge in [0.05, 0.1) is 0 Å². The van der Waals surface area contributed by atoms with Crippen LogP contribution >= 0.6 is 11.6 Å². The maximum absolute atomic E-state index is 12.9. The molecule has 0 N–H and O–H groups in total. The minimum absolute atomic E-state index is 0.0650. The molecule has 1 aliphatic rings. The second kappa shape index (κ2) is 7.75. The van der Waals surface area contributed by atoms with Gasteiger partial charge in [0, 0.05) is 44.0 Å². The molecule has 3 heterocycles. The summed E-state index contributed by atoms with van der Waals surface area (Å²) in [6.45, 7) is 2.29. The maximum Gasteiger partial charge on any atom is 0.433 e. The molecule has 0 aliphatic carbocycles. The van der Waals surface area contributed by atoms with Gasteiger partial charge in [0.1, 0.15) is 23.0 Å². The molecule has 2 aromatic rings. The third kappa shape index (κ3) is 4.42. The fraction of sp³-hybridized carbons (Fsp3) is 0.471. The lowest BCUT2D eigenvalue weighted by atomic mass is 10.0. The van der Waals surface area contributed by atoms with Crippen molar-refractivity contribution >= 4 is 17.4 Å². The predicted octanol–water partition coefficient (Wildman–Crippen LogP) is 3.64. The van der Waals surface area contributed by atoms with Crippen LogP contribution in [0.1, 0.15) is 24.1 Å². The second-order valence-electron chi connectivity index (χ2n) is 6.35. The molecule has 5 nitrogen and oxygen atoms in total. The largest absolute Gasteiger partial charge is 0.433 e.